The molecule has 2 N–H and O–H groups in total. The second kappa shape index (κ2) is 6.84. The van der Waals surface area contributed by atoms with E-state index in [9.17, 15) is 4.79 Å². The van der Waals surface area contributed by atoms with Crippen molar-refractivity contribution in [3.8, 4) is 0 Å². The van der Waals surface area contributed by atoms with Crippen molar-refractivity contribution in [3.63, 3.8) is 0 Å². The van der Waals surface area contributed by atoms with Crippen molar-refractivity contribution in [2.75, 3.05) is 11.4 Å². The second-order valence-corrected chi connectivity index (χ2v) is 5.48. The van der Waals surface area contributed by atoms with Gasteiger partial charge in [-0.3, -0.25) is 4.79 Å². The van der Waals surface area contributed by atoms with Crippen LogP contribution in [0.1, 0.15) is 39.2 Å². The predicted octanol–water partition coefficient (Wildman–Crippen LogP) is 3.44. The van der Waals surface area contributed by atoms with Crippen LogP contribution >= 0.6 is 12.2 Å². The SMILES string of the molecule is CCN(C(=O)C(CC)(CC)C(N)=S)c1cccc(C)c1. The molecule has 1 aromatic carbocycles. The van der Waals surface area contributed by atoms with Crippen molar-refractivity contribution in [1.82, 2.24) is 0 Å². The van der Waals surface area contributed by atoms with Crippen LogP contribution in [-0.2, 0) is 4.79 Å². The molecule has 0 radical (unpaired) electrons. The van der Waals surface area contributed by atoms with Gasteiger partial charge in [0.05, 0.1) is 10.4 Å². The number of thiocarbonyl (C=S) groups is 1. The summed E-state index contributed by atoms with van der Waals surface area (Å²) < 4.78 is 0. The highest BCUT2D eigenvalue weighted by Crippen LogP contribution is 2.32. The normalized spacial score (nSPS) is 11.2. The number of aryl methyl sites for hydroxylation is 1. The van der Waals surface area contributed by atoms with Crippen molar-refractivity contribution < 1.29 is 4.79 Å². The summed E-state index contributed by atoms with van der Waals surface area (Å²) in [6, 6.07) is 7.93. The number of amides is 1. The molecular weight excluding hydrogens is 268 g/mol. The maximum Gasteiger partial charge on any atom is 0.239 e. The molecule has 3 nitrogen and oxygen atoms in total. The Labute approximate surface area is 127 Å². The molecule has 0 aromatic heterocycles. The quantitative estimate of drug-likeness (QED) is 0.817. The Morgan fingerprint density at radius 1 is 1.30 bits per heavy atom. The smallest absolute Gasteiger partial charge is 0.239 e. The fraction of sp³-hybridized carbons (Fsp3) is 0.500. The van der Waals surface area contributed by atoms with E-state index in [2.05, 4.69) is 0 Å². The fourth-order valence-electron chi connectivity index (χ4n) is 2.50. The summed E-state index contributed by atoms with van der Waals surface area (Å²) in [6.07, 6.45) is 1.25. The van der Waals surface area contributed by atoms with Gasteiger partial charge >= 0.3 is 0 Å². The van der Waals surface area contributed by atoms with Gasteiger partial charge in [-0.1, -0.05) is 38.2 Å². The third-order valence-corrected chi connectivity index (χ3v) is 4.35. The fourth-order valence-corrected chi connectivity index (χ4v) is 2.88. The molecule has 0 atom stereocenters. The maximum atomic E-state index is 13.0. The van der Waals surface area contributed by atoms with Gasteiger partial charge in [0.15, 0.2) is 0 Å². The molecule has 20 heavy (non-hydrogen) atoms. The molecule has 0 fully saturated rings. The maximum absolute atomic E-state index is 13.0. The molecule has 0 unspecified atom stereocenters. The summed E-state index contributed by atoms with van der Waals surface area (Å²) in [4.78, 5) is 15.0. The summed E-state index contributed by atoms with van der Waals surface area (Å²) in [6.45, 7) is 8.51. The first-order chi connectivity index (χ1) is 9.42. The van der Waals surface area contributed by atoms with E-state index < -0.39 is 5.41 Å². The van der Waals surface area contributed by atoms with Crippen LogP contribution in [0.2, 0.25) is 0 Å². The zero-order chi connectivity index (χ0) is 15.3. The summed E-state index contributed by atoms with van der Waals surface area (Å²) >= 11 is 5.18. The van der Waals surface area contributed by atoms with Crippen molar-refractivity contribution >= 4 is 28.8 Å². The van der Waals surface area contributed by atoms with E-state index >= 15 is 0 Å². The minimum Gasteiger partial charge on any atom is -0.392 e. The van der Waals surface area contributed by atoms with Crippen molar-refractivity contribution in [3.05, 3.63) is 29.8 Å². The monoisotopic (exact) mass is 292 g/mol. The van der Waals surface area contributed by atoms with Gasteiger partial charge in [0.2, 0.25) is 5.91 Å². The van der Waals surface area contributed by atoms with Crippen molar-refractivity contribution in [2.24, 2.45) is 11.1 Å². The number of nitrogens with zero attached hydrogens (tertiary/aromatic N) is 1. The average molecular weight is 292 g/mol. The van der Waals surface area contributed by atoms with E-state index in [1.165, 1.54) is 0 Å². The average Bonchev–Trinajstić information content (AvgIpc) is 2.41. The van der Waals surface area contributed by atoms with Crippen molar-refractivity contribution in [2.45, 2.75) is 40.5 Å². The van der Waals surface area contributed by atoms with E-state index in [-0.39, 0.29) is 5.91 Å². The summed E-state index contributed by atoms with van der Waals surface area (Å²) in [5.41, 5.74) is 7.17. The number of rotatable bonds is 6. The molecule has 0 aliphatic carbocycles. The number of carbonyl (C=O) groups is 1. The zero-order valence-electron chi connectivity index (χ0n) is 12.8. The molecule has 1 aromatic rings. The number of hydrogen-bond acceptors (Lipinski definition) is 2. The zero-order valence-corrected chi connectivity index (χ0v) is 13.6. The summed E-state index contributed by atoms with van der Waals surface area (Å²) in [5, 5.41) is 0. The highest BCUT2D eigenvalue weighted by molar-refractivity contribution is 7.80. The molecule has 0 bridgehead atoms. The van der Waals surface area contributed by atoms with Gasteiger partial charge in [-0.05, 0) is 44.4 Å². The molecule has 110 valence electrons. The Hall–Kier alpha value is -1.42. The van der Waals surface area contributed by atoms with Crippen molar-refractivity contribution in [1.29, 1.82) is 0 Å². The van der Waals surface area contributed by atoms with E-state index in [1.54, 1.807) is 4.90 Å². The molecule has 0 saturated carbocycles. The van der Waals surface area contributed by atoms with Crippen LogP contribution in [0, 0.1) is 12.3 Å². The van der Waals surface area contributed by atoms with Crippen LogP contribution in [0.3, 0.4) is 0 Å². The standard InChI is InChI=1S/C16H24N2OS/c1-5-16(6-2,14(17)20)15(19)18(7-3)13-10-8-9-12(4)11-13/h8-11H,5-7H2,1-4H3,(H2,17,20). The summed E-state index contributed by atoms with van der Waals surface area (Å²) in [5.74, 6) is 0.00287. The van der Waals surface area contributed by atoms with Crippen LogP contribution in [0.5, 0.6) is 0 Å². The number of anilines is 1. The Morgan fingerprint density at radius 2 is 1.90 bits per heavy atom. The largest absolute Gasteiger partial charge is 0.392 e. The van der Waals surface area contributed by atoms with Crippen LogP contribution in [0.25, 0.3) is 0 Å². The first kappa shape index (κ1) is 16.6. The van der Waals surface area contributed by atoms with Gasteiger partial charge in [0, 0.05) is 12.2 Å². The first-order valence-electron chi connectivity index (χ1n) is 7.11. The predicted molar refractivity (Wildman–Crippen MR) is 89.0 cm³/mol. The van der Waals surface area contributed by atoms with E-state index in [0.717, 1.165) is 11.3 Å². The summed E-state index contributed by atoms with van der Waals surface area (Å²) in [7, 11) is 0. The Morgan fingerprint density at radius 3 is 2.30 bits per heavy atom. The first-order valence-corrected chi connectivity index (χ1v) is 7.52. The molecular formula is C16H24N2OS. The Kier molecular flexibility index (Phi) is 5.69. The lowest BCUT2D eigenvalue weighted by Crippen LogP contribution is -2.50. The van der Waals surface area contributed by atoms with Crippen LogP contribution in [0.4, 0.5) is 5.69 Å². The van der Waals surface area contributed by atoms with Gasteiger partial charge in [-0.2, -0.15) is 0 Å². The molecule has 0 saturated heterocycles. The number of carbonyl (C=O) groups excluding carboxylic acids is 1. The highest BCUT2D eigenvalue weighted by Gasteiger charge is 2.41. The molecule has 1 rings (SSSR count). The third kappa shape index (κ3) is 3.01. The molecule has 0 heterocycles. The molecule has 0 spiro atoms. The molecule has 0 aliphatic heterocycles. The van der Waals surface area contributed by atoms with E-state index in [4.69, 9.17) is 18.0 Å². The Balaban J connectivity index is 3.23. The second-order valence-electron chi connectivity index (χ2n) is 5.04. The van der Waals surface area contributed by atoms with Crippen LogP contribution < -0.4 is 10.6 Å². The number of hydrogen-bond donors (Lipinski definition) is 1. The lowest BCUT2D eigenvalue weighted by Gasteiger charge is -2.35. The minimum absolute atomic E-state index is 0.00287. The van der Waals surface area contributed by atoms with E-state index in [1.807, 2.05) is 52.0 Å². The van der Waals surface area contributed by atoms with Crippen LogP contribution in [0.15, 0.2) is 24.3 Å². The number of benzene rings is 1. The van der Waals surface area contributed by atoms with Gasteiger partial charge in [-0.15, -0.1) is 0 Å². The molecule has 1 amide bonds. The topological polar surface area (TPSA) is 46.3 Å². The molecule has 4 heteroatoms. The highest BCUT2D eigenvalue weighted by atomic mass is 32.1. The lowest BCUT2D eigenvalue weighted by atomic mass is 9.80. The van der Waals surface area contributed by atoms with Crippen LogP contribution in [-0.4, -0.2) is 17.4 Å². The van der Waals surface area contributed by atoms with Gasteiger partial charge < -0.3 is 10.6 Å². The molecule has 0 aliphatic rings. The number of nitrogens with two attached hydrogens (primary N) is 1. The van der Waals surface area contributed by atoms with Gasteiger partial charge in [-0.25, -0.2) is 0 Å². The lowest BCUT2D eigenvalue weighted by molar-refractivity contribution is -0.125. The van der Waals surface area contributed by atoms with E-state index in [0.29, 0.717) is 24.4 Å². The van der Waals surface area contributed by atoms with Gasteiger partial charge in [0.25, 0.3) is 0 Å². The third-order valence-electron chi connectivity index (χ3n) is 3.96. The Bertz CT molecular complexity index is 495. The minimum atomic E-state index is -0.741. The van der Waals surface area contributed by atoms with Gasteiger partial charge in [0.1, 0.15) is 0 Å².